The fourth-order valence-electron chi connectivity index (χ4n) is 12.2. The number of benzene rings is 10. The molecule has 10 aromatic rings. The van der Waals surface area contributed by atoms with E-state index in [9.17, 15) is 0 Å². The van der Waals surface area contributed by atoms with E-state index in [2.05, 4.69) is 269 Å². The summed E-state index contributed by atoms with van der Waals surface area (Å²) in [7, 11) is -1.41. The van der Waals surface area contributed by atoms with Crippen LogP contribution in [0.25, 0.3) is 66.8 Å². The first-order valence-electron chi connectivity index (χ1n) is 24.5. The zero-order valence-corrected chi connectivity index (χ0v) is 40.9. The number of hydrogen-bond donors (Lipinski definition) is 0. The average Bonchev–Trinajstić information content (AvgIpc) is 3.94. The van der Waals surface area contributed by atoms with Crippen LogP contribution in [-0.4, -0.2) is 8.07 Å². The van der Waals surface area contributed by atoms with Gasteiger partial charge in [-0.2, -0.15) is 0 Å². The van der Waals surface area contributed by atoms with E-state index in [1.807, 2.05) is 0 Å². The van der Waals surface area contributed by atoms with Crippen molar-refractivity contribution in [3.05, 3.63) is 264 Å². The van der Waals surface area contributed by atoms with Crippen molar-refractivity contribution in [1.29, 1.82) is 0 Å². The van der Waals surface area contributed by atoms with Gasteiger partial charge in [-0.15, -0.1) is 0 Å². The molecule has 0 saturated carbocycles. The van der Waals surface area contributed by atoms with Crippen molar-refractivity contribution in [1.82, 2.24) is 0 Å². The molecule has 69 heavy (non-hydrogen) atoms. The molecule has 3 aliphatic carbocycles. The zero-order chi connectivity index (χ0) is 46.6. The normalized spacial score (nSPS) is 14.1. The van der Waals surface area contributed by atoms with E-state index in [0.717, 1.165) is 17.1 Å². The molecule has 0 aliphatic heterocycles. The van der Waals surface area contributed by atoms with Crippen molar-refractivity contribution in [3.8, 4) is 66.8 Å². The maximum atomic E-state index is 2.53. The van der Waals surface area contributed by atoms with Gasteiger partial charge in [0.15, 0.2) is 0 Å². The lowest BCUT2D eigenvalue weighted by Gasteiger charge is -2.32. The minimum Gasteiger partial charge on any atom is -0.310 e. The summed E-state index contributed by atoms with van der Waals surface area (Å²) in [5.74, 6) is 0. The fourth-order valence-corrected chi connectivity index (χ4v) is 13.3. The highest BCUT2D eigenvalue weighted by Crippen LogP contribution is 2.64. The van der Waals surface area contributed by atoms with Crippen LogP contribution in [0.2, 0.25) is 19.6 Å². The molecule has 13 rings (SSSR count). The van der Waals surface area contributed by atoms with Crippen molar-refractivity contribution >= 4 is 30.3 Å². The second kappa shape index (κ2) is 15.4. The van der Waals surface area contributed by atoms with Gasteiger partial charge in [0.05, 0.1) is 13.5 Å². The lowest BCUT2D eigenvalue weighted by molar-refractivity contribution is 0.660. The van der Waals surface area contributed by atoms with Crippen molar-refractivity contribution in [2.24, 2.45) is 0 Å². The van der Waals surface area contributed by atoms with E-state index in [1.54, 1.807) is 0 Å². The highest BCUT2D eigenvalue weighted by atomic mass is 28.3. The van der Waals surface area contributed by atoms with Crippen LogP contribution in [0.1, 0.15) is 47.2 Å². The zero-order valence-electron chi connectivity index (χ0n) is 39.9. The van der Waals surface area contributed by atoms with Crippen molar-refractivity contribution in [3.63, 3.8) is 0 Å². The molecule has 0 N–H and O–H groups in total. The third-order valence-corrected chi connectivity index (χ3v) is 17.8. The first kappa shape index (κ1) is 41.4. The van der Waals surface area contributed by atoms with Crippen molar-refractivity contribution in [2.45, 2.75) is 44.3 Å². The summed E-state index contributed by atoms with van der Waals surface area (Å²) in [6, 6.07) is 87.2. The number of anilines is 3. The van der Waals surface area contributed by atoms with Gasteiger partial charge in [-0.1, -0.05) is 227 Å². The van der Waals surface area contributed by atoms with Gasteiger partial charge in [0.1, 0.15) is 0 Å². The van der Waals surface area contributed by atoms with Gasteiger partial charge in [0.25, 0.3) is 0 Å². The summed E-state index contributed by atoms with van der Waals surface area (Å²) in [6.45, 7) is 12.0. The summed E-state index contributed by atoms with van der Waals surface area (Å²) in [5.41, 5.74) is 26.1. The topological polar surface area (TPSA) is 3.24 Å². The highest BCUT2D eigenvalue weighted by Gasteiger charge is 2.52. The number of nitrogens with zero attached hydrogens (tertiary/aromatic N) is 1. The Morgan fingerprint density at radius 1 is 0.290 bits per heavy atom. The minimum absolute atomic E-state index is 0.139. The van der Waals surface area contributed by atoms with Gasteiger partial charge in [-0.05, 0) is 143 Å². The molecule has 0 unspecified atom stereocenters. The summed E-state index contributed by atoms with van der Waals surface area (Å²) < 4.78 is 0. The highest BCUT2D eigenvalue weighted by molar-refractivity contribution is 6.88. The minimum atomic E-state index is -1.41. The van der Waals surface area contributed by atoms with E-state index < -0.39 is 13.5 Å². The second-order valence-corrected chi connectivity index (χ2v) is 26.0. The van der Waals surface area contributed by atoms with Gasteiger partial charge in [0.2, 0.25) is 0 Å². The molecule has 10 aromatic carbocycles. The molecule has 0 radical (unpaired) electrons. The predicted octanol–water partition coefficient (Wildman–Crippen LogP) is 17.4. The maximum absolute atomic E-state index is 2.53. The van der Waals surface area contributed by atoms with E-state index >= 15 is 0 Å². The average molecular weight is 900 g/mol. The first-order valence-corrected chi connectivity index (χ1v) is 28.0. The molecular formula is C67H53NSi. The molecule has 1 nitrogen and oxygen atoms in total. The van der Waals surface area contributed by atoms with Crippen molar-refractivity contribution < 1.29 is 0 Å². The van der Waals surface area contributed by atoms with Gasteiger partial charge >= 0.3 is 0 Å². The van der Waals surface area contributed by atoms with Crippen LogP contribution in [0, 0.1) is 0 Å². The van der Waals surface area contributed by atoms with Gasteiger partial charge in [-0.3, -0.25) is 0 Å². The van der Waals surface area contributed by atoms with E-state index in [-0.39, 0.29) is 5.41 Å². The standard InChI is InChI=1S/C67H53NSi/c1-66(2)60-20-12-9-17-54(60)57-38-34-51(42-64(57)66)68(50-32-27-46(28-33-50)47-29-36-53(37-30-47)69(3,4)5)52-35-39-58-59-41-49(48-25-23-45(24-26-48)44-15-7-6-8-16-44)31-40-63(59)67(65(58)43-52)61-21-13-10-18-55(61)56-19-11-14-22-62(56)67/h6-43H,1-5H3. The summed E-state index contributed by atoms with van der Waals surface area (Å²) in [6.07, 6.45) is 0. The Morgan fingerprint density at radius 3 is 1.26 bits per heavy atom. The molecule has 330 valence electrons. The predicted molar refractivity (Wildman–Crippen MR) is 294 cm³/mol. The molecule has 1 spiro atoms. The Balaban J connectivity index is 1.00. The SMILES string of the molecule is CC1(C)c2ccccc2-c2ccc(N(c3ccc(-c4ccc([Si](C)(C)C)cc4)cc3)c3ccc4c(c3)C3(c5ccccc5-c5ccccc53)c3ccc(-c5ccc(-c6ccccc6)cc5)cc3-4)cc21. The van der Waals surface area contributed by atoms with Gasteiger partial charge < -0.3 is 4.90 Å². The van der Waals surface area contributed by atoms with E-state index in [4.69, 9.17) is 0 Å². The Kier molecular flexibility index (Phi) is 9.22. The lowest BCUT2D eigenvalue weighted by atomic mass is 9.70. The van der Waals surface area contributed by atoms with Crippen molar-refractivity contribution in [2.75, 3.05) is 4.90 Å². The van der Waals surface area contributed by atoms with Crippen LogP contribution < -0.4 is 10.1 Å². The summed E-state index contributed by atoms with van der Waals surface area (Å²) in [5, 5.41) is 1.48. The largest absolute Gasteiger partial charge is 0.310 e. The molecule has 0 heterocycles. The van der Waals surface area contributed by atoms with Crippen LogP contribution in [0.5, 0.6) is 0 Å². The first-order chi connectivity index (χ1) is 33.6. The number of fused-ring (bicyclic) bond motifs is 13. The molecule has 0 aromatic heterocycles. The molecule has 0 fully saturated rings. The Bertz CT molecular complexity index is 3600. The van der Waals surface area contributed by atoms with Crippen LogP contribution in [0.3, 0.4) is 0 Å². The Labute approximate surface area is 408 Å². The van der Waals surface area contributed by atoms with Gasteiger partial charge in [0, 0.05) is 22.5 Å². The Hall–Kier alpha value is -7.78. The maximum Gasteiger partial charge on any atom is 0.0775 e. The lowest BCUT2D eigenvalue weighted by Crippen LogP contribution is -2.37. The molecule has 0 atom stereocenters. The molecular weight excluding hydrogens is 847 g/mol. The smallest absolute Gasteiger partial charge is 0.0775 e. The third-order valence-electron chi connectivity index (χ3n) is 15.7. The number of rotatable bonds is 7. The fraction of sp³-hybridized carbons (Fsp3) is 0.104. The van der Waals surface area contributed by atoms with E-state index in [0.29, 0.717) is 0 Å². The quantitative estimate of drug-likeness (QED) is 0.144. The molecule has 3 aliphatic rings. The second-order valence-electron chi connectivity index (χ2n) is 20.9. The van der Waals surface area contributed by atoms with Crippen LogP contribution in [-0.2, 0) is 10.8 Å². The monoisotopic (exact) mass is 899 g/mol. The summed E-state index contributed by atoms with van der Waals surface area (Å²) >= 11 is 0. The molecule has 0 amide bonds. The van der Waals surface area contributed by atoms with Crippen LogP contribution in [0.15, 0.2) is 231 Å². The third kappa shape index (κ3) is 6.28. The molecule has 0 bridgehead atoms. The number of hydrogen-bond acceptors (Lipinski definition) is 1. The molecule has 0 saturated heterocycles. The summed E-state index contributed by atoms with van der Waals surface area (Å²) in [4.78, 5) is 2.50. The van der Waals surface area contributed by atoms with Gasteiger partial charge in [-0.25, -0.2) is 0 Å². The van der Waals surface area contributed by atoms with Crippen LogP contribution >= 0.6 is 0 Å². The molecule has 2 heteroatoms. The van der Waals surface area contributed by atoms with Crippen LogP contribution in [0.4, 0.5) is 17.1 Å². The Morgan fingerprint density at radius 2 is 0.681 bits per heavy atom. The van der Waals surface area contributed by atoms with E-state index in [1.165, 1.54) is 105 Å².